The van der Waals surface area contributed by atoms with Crippen molar-refractivity contribution in [1.29, 1.82) is 0 Å². The average Bonchev–Trinajstić information content (AvgIpc) is 3.42. The first-order chi connectivity index (χ1) is 20.0. The minimum absolute atomic E-state index is 0.0103. The van der Waals surface area contributed by atoms with Gasteiger partial charge in [-0.05, 0) is 63.1 Å². The zero-order valence-electron chi connectivity index (χ0n) is 23.2. The molecule has 2 aromatic carbocycles. The van der Waals surface area contributed by atoms with Crippen molar-refractivity contribution in [1.82, 2.24) is 24.6 Å². The van der Waals surface area contributed by atoms with E-state index in [0.717, 1.165) is 27.9 Å². The number of alkyl halides is 2. The molecule has 9 nitrogen and oxygen atoms in total. The van der Waals surface area contributed by atoms with E-state index in [-0.39, 0.29) is 17.7 Å². The second-order valence-corrected chi connectivity index (χ2v) is 13.9. The molecule has 0 aliphatic carbocycles. The number of rotatable bonds is 6. The second-order valence-electron chi connectivity index (χ2n) is 11.9. The third-order valence-corrected chi connectivity index (χ3v) is 9.78. The van der Waals surface area contributed by atoms with E-state index in [9.17, 15) is 17.8 Å². The Morgan fingerprint density at radius 3 is 2.62 bits per heavy atom. The third-order valence-electron chi connectivity index (χ3n) is 8.09. The number of hydrogen-bond acceptors (Lipinski definition) is 6. The van der Waals surface area contributed by atoms with Crippen LogP contribution in [-0.4, -0.2) is 49.2 Å². The van der Waals surface area contributed by atoms with Gasteiger partial charge in [0.05, 0.1) is 57.8 Å². The number of hydrogen-bond donors (Lipinski definition) is 2. The van der Waals surface area contributed by atoms with Gasteiger partial charge in [0.25, 0.3) is 5.91 Å². The number of benzene rings is 2. The molecule has 1 fully saturated rings. The molecule has 3 aliphatic rings. The normalized spacial score (nSPS) is 21.3. The van der Waals surface area contributed by atoms with Crippen LogP contribution in [-0.2, 0) is 21.3 Å². The molecular weight excluding hydrogens is 564 g/mol. The third kappa shape index (κ3) is 4.31. The summed E-state index contributed by atoms with van der Waals surface area (Å²) in [6.45, 7) is 3.49. The first kappa shape index (κ1) is 27.1. The summed E-state index contributed by atoms with van der Waals surface area (Å²) >= 11 is 0. The van der Waals surface area contributed by atoms with Crippen molar-refractivity contribution in [2.75, 3.05) is 13.2 Å². The molecule has 3 atom stereocenters. The summed E-state index contributed by atoms with van der Waals surface area (Å²) in [5.74, 6) is 0.331. The highest BCUT2D eigenvalue weighted by atomic mass is 32.2. The molecule has 0 spiro atoms. The van der Waals surface area contributed by atoms with Crippen molar-refractivity contribution in [2.45, 2.75) is 56.2 Å². The van der Waals surface area contributed by atoms with Gasteiger partial charge in [-0.1, -0.05) is 18.2 Å². The maximum atomic E-state index is 13.3. The quantitative estimate of drug-likeness (QED) is 0.334. The van der Waals surface area contributed by atoms with Crippen LogP contribution in [0.1, 0.15) is 66.7 Å². The zero-order valence-corrected chi connectivity index (χ0v) is 24.0. The molecule has 4 aromatic rings. The average molecular weight is 594 g/mol. The summed E-state index contributed by atoms with van der Waals surface area (Å²) in [7, 11) is -1.29. The molecule has 1 unspecified atom stereocenters. The number of pyridine rings is 1. The molecule has 2 bridgehead atoms. The number of imidazole rings is 1. The number of amides is 1. The predicted molar refractivity (Wildman–Crippen MR) is 153 cm³/mol. The maximum absolute atomic E-state index is 13.3. The summed E-state index contributed by atoms with van der Waals surface area (Å²) in [4.78, 5) is 22.6. The lowest BCUT2D eigenvalue weighted by atomic mass is 9.93. The lowest BCUT2D eigenvalue weighted by Crippen LogP contribution is -2.60. The van der Waals surface area contributed by atoms with Crippen molar-refractivity contribution in [2.24, 2.45) is 0 Å². The van der Waals surface area contributed by atoms with Crippen LogP contribution in [0.3, 0.4) is 0 Å². The van der Waals surface area contributed by atoms with Crippen LogP contribution in [0.4, 0.5) is 8.78 Å². The van der Waals surface area contributed by atoms with E-state index in [1.54, 1.807) is 18.3 Å². The molecule has 218 valence electrons. The van der Waals surface area contributed by atoms with Crippen molar-refractivity contribution >= 4 is 27.9 Å². The molecule has 3 aliphatic heterocycles. The largest absolute Gasteiger partial charge is 0.434 e. The molecular formula is C30H29F2N5O4S. The predicted octanol–water partition coefficient (Wildman–Crippen LogP) is 4.75. The van der Waals surface area contributed by atoms with E-state index >= 15 is 0 Å². The van der Waals surface area contributed by atoms with Crippen LogP contribution in [0.5, 0.6) is 5.75 Å². The molecule has 2 aromatic heterocycles. The highest BCUT2D eigenvalue weighted by Crippen LogP contribution is 2.47. The fraction of sp³-hybridized carbons (Fsp3) is 0.367. The second kappa shape index (κ2) is 9.65. The van der Waals surface area contributed by atoms with E-state index in [1.165, 1.54) is 6.07 Å². The molecule has 1 amide bonds. The van der Waals surface area contributed by atoms with Gasteiger partial charge in [0.2, 0.25) is 0 Å². The Balaban J connectivity index is 1.26. The standard InChI is InChI=1S/C30H29F2N5O4S/c1-29(2,3)42(39)36-30(14-40-15-30)24-10-8-17(13-33-24)16-7-9-19-21(11-16)37-22-12-20(26(37)34-19)35-27(38)18-5-4-6-23(25(18)22)41-28(31)32/h4-11,13,20,22,28,36H,12,14-15H2,1-3H3,(H,35,38)/t20-,22-,42?/m1/s1. The Kier molecular flexibility index (Phi) is 6.23. The Hall–Kier alpha value is -3.74. The molecule has 7 rings (SSSR count). The van der Waals surface area contributed by atoms with Crippen molar-refractivity contribution in [3.05, 3.63) is 77.4 Å². The molecule has 12 heteroatoms. The Labute approximate surface area is 243 Å². The number of ether oxygens (including phenoxy) is 2. The van der Waals surface area contributed by atoms with E-state index in [1.807, 2.05) is 55.7 Å². The molecule has 5 heterocycles. The van der Waals surface area contributed by atoms with Gasteiger partial charge in [-0.2, -0.15) is 8.78 Å². The minimum atomic E-state index is -3.02. The number of fused-ring (bicyclic) bond motifs is 9. The molecule has 2 N–H and O–H groups in total. The van der Waals surface area contributed by atoms with E-state index in [2.05, 4.69) is 10.0 Å². The number of carbonyl (C=O) groups is 1. The summed E-state index contributed by atoms with van der Waals surface area (Å²) < 4.78 is 54.7. The Morgan fingerprint density at radius 1 is 1.17 bits per heavy atom. The number of nitrogens with zero attached hydrogens (tertiary/aromatic N) is 3. The summed E-state index contributed by atoms with van der Waals surface area (Å²) in [6.07, 6.45) is 2.27. The monoisotopic (exact) mass is 593 g/mol. The fourth-order valence-electron chi connectivity index (χ4n) is 5.93. The van der Waals surface area contributed by atoms with Crippen LogP contribution in [0.25, 0.3) is 22.2 Å². The lowest BCUT2D eigenvalue weighted by molar-refractivity contribution is -0.0681. The molecule has 0 radical (unpaired) electrons. The maximum Gasteiger partial charge on any atom is 0.387 e. The lowest BCUT2D eigenvalue weighted by Gasteiger charge is -2.42. The van der Waals surface area contributed by atoms with E-state index < -0.39 is 33.9 Å². The zero-order chi connectivity index (χ0) is 29.4. The molecule has 42 heavy (non-hydrogen) atoms. The Bertz CT molecular complexity index is 1750. The number of halogens is 2. The topological polar surface area (TPSA) is 107 Å². The number of aromatic nitrogens is 3. The van der Waals surface area contributed by atoms with Gasteiger partial charge in [-0.15, -0.1) is 0 Å². The van der Waals surface area contributed by atoms with Crippen LogP contribution >= 0.6 is 0 Å². The van der Waals surface area contributed by atoms with Gasteiger partial charge in [0.1, 0.15) is 17.1 Å². The van der Waals surface area contributed by atoms with Crippen molar-refractivity contribution in [3.63, 3.8) is 0 Å². The SMILES string of the molecule is CC(C)(C)S(=O)NC1(c2ccc(-c3ccc4nc5n(c4c3)[C@@H]3C[C@H]5NC(=O)c4cccc(OC(F)F)c43)cn2)COC1. The van der Waals surface area contributed by atoms with Crippen LogP contribution in [0, 0.1) is 0 Å². The van der Waals surface area contributed by atoms with Gasteiger partial charge in [-0.3, -0.25) is 9.78 Å². The minimum Gasteiger partial charge on any atom is -0.434 e. The molecule has 1 saturated heterocycles. The van der Waals surface area contributed by atoms with Gasteiger partial charge in [0, 0.05) is 22.9 Å². The first-order valence-corrected chi connectivity index (χ1v) is 14.8. The van der Waals surface area contributed by atoms with Crippen LogP contribution in [0.2, 0.25) is 0 Å². The fourth-order valence-corrected chi connectivity index (χ4v) is 6.82. The summed E-state index contributed by atoms with van der Waals surface area (Å²) in [6, 6.07) is 13.6. The van der Waals surface area contributed by atoms with Gasteiger partial charge < -0.3 is 19.4 Å². The van der Waals surface area contributed by atoms with Crippen LogP contribution < -0.4 is 14.8 Å². The van der Waals surface area contributed by atoms with Gasteiger partial charge >= 0.3 is 6.61 Å². The smallest absolute Gasteiger partial charge is 0.387 e. The summed E-state index contributed by atoms with van der Waals surface area (Å²) in [5, 5.41) is 3.01. The highest BCUT2D eigenvalue weighted by molar-refractivity contribution is 7.84. The van der Waals surface area contributed by atoms with Gasteiger partial charge in [-0.25, -0.2) is 13.9 Å². The van der Waals surface area contributed by atoms with Crippen molar-refractivity contribution < 1.29 is 27.3 Å². The Morgan fingerprint density at radius 2 is 1.95 bits per heavy atom. The summed E-state index contributed by atoms with van der Waals surface area (Å²) in [5.41, 5.74) is 4.21. The van der Waals surface area contributed by atoms with Crippen LogP contribution in [0.15, 0.2) is 54.7 Å². The number of carbonyl (C=O) groups excluding carboxylic acids is 1. The number of nitrogens with one attached hydrogen (secondary N) is 2. The molecule has 0 saturated carbocycles. The first-order valence-electron chi connectivity index (χ1n) is 13.7. The van der Waals surface area contributed by atoms with Gasteiger partial charge in [0.15, 0.2) is 0 Å². The van der Waals surface area contributed by atoms with Crippen molar-refractivity contribution in [3.8, 4) is 16.9 Å². The van der Waals surface area contributed by atoms with E-state index in [4.69, 9.17) is 19.4 Å². The highest BCUT2D eigenvalue weighted by Gasteiger charge is 2.45. The van der Waals surface area contributed by atoms with E-state index in [0.29, 0.717) is 36.6 Å².